The highest BCUT2D eigenvalue weighted by atomic mass is 79.9. The number of hydrogen-bond acceptors (Lipinski definition) is 3. The Morgan fingerprint density at radius 3 is 2.15 bits per heavy atom. The first-order valence-electron chi connectivity index (χ1n) is 7.84. The molecule has 1 N–H and O–H groups in total. The zero-order valence-corrected chi connectivity index (χ0v) is 18.1. The number of benzene rings is 3. The van der Waals surface area contributed by atoms with Crippen molar-refractivity contribution in [2.24, 2.45) is 0 Å². The number of halogens is 3. The van der Waals surface area contributed by atoms with Gasteiger partial charge in [0.25, 0.3) is 5.91 Å². The van der Waals surface area contributed by atoms with E-state index in [0.717, 1.165) is 4.47 Å². The standard InChI is InChI=1S/C20H14Br2ClNO3/c1-26-19-17(10-12(21)11-18(19)22)20(25)24-14-4-8-16(9-5-14)27-15-6-2-13(23)3-7-15/h2-11H,1H3,(H,24,25). The second kappa shape index (κ2) is 8.78. The van der Waals surface area contributed by atoms with Crippen molar-refractivity contribution in [2.75, 3.05) is 12.4 Å². The molecule has 0 saturated heterocycles. The van der Waals surface area contributed by atoms with Gasteiger partial charge in [-0.2, -0.15) is 0 Å². The molecule has 3 rings (SSSR count). The second-order valence-corrected chi connectivity index (χ2v) is 7.71. The van der Waals surface area contributed by atoms with Crippen molar-refractivity contribution in [2.45, 2.75) is 0 Å². The van der Waals surface area contributed by atoms with Crippen LogP contribution in [-0.2, 0) is 0 Å². The molecule has 3 aromatic carbocycles. The molecular formula is C20H14Br2ClNO3. The Bertz CT molecular complexity index is 960. The van der Waals surface area contributed by atoms with E-state index in [1.54, 1.807) is 54.6 Å². The Balaban J connectivity index is 1.73. The van der Waals surface area contributed by atoms with Crippen LogP contribution in [0.5, 0.6) is 17.2 Å². The predicted molar refractivity (Wildman–Crippen MR) is 114 cm³/mol. The van der Waals surface area contributed by atoms with Crippen LogP contribution in [0.1, 0.15) is 10.4 Å². The summed E-state index contributed by atoms with van der Waals surface area (Å²) < 4.78 is 12.5. The van der Waals surface area contributed by atoms with Gasteiger partial charge in [-0.3, -0.25) is 4.79 Å². The average molecular weight is 512 g/mol. The van der Waals surface area contributed by atoms with Gasteiger partial charge in [-0.25, -0.2) is 0 Å². The average Bonchev–Trinajstić information content (AvgIpc) is 2.64. The van der Waals surface area contributed by atoms with Crippen molar-refractivity contribution in [3.63, 3.8) is 0 Å². The highest BCUT2D eigenvalue weighted by Crippen LogP contribution is 2.33. The van der Waals surface area contributed by atoms with E-state index in [2.05, 4.69) is 37.2 Å². The van der Waals surface area contributed by atoms with Crippen molar-refractivity contribution in [1.29, 1.82) is 0 Å². The highest BCUT2D eigenvalue weighted by Gasteiger charge is 2.16. The van der Waals surface area contributed by atoms with Gasteiger partial charge < -0.3 is 14.8 Å². The quantitative estimate of drug-likeness (QED) is 0.405. The van der Waals surface area contributed by atoms with E-state index in [0.29, 0.717) is 38.0 Å². The lowest BCUT2D eigenvalue weighted by atomic mass is 10.2. The molecule has 0 unspecified atom stereocenters. The molecule has 0 radical (unpaired) electrons. The number of methoxy groups -OCH3 is 1. The van der Waals surface area contributed by atoms with Crippen LogP contribution < -0.4 is 14.8 Å². The molecule has 0 atom stereocenters. The molecule has 1 amide bonds. The monoisotopic (exact) mass is 509 g/mol. The van der Waals surface area contributed by atoms with Crippen LogP contribution in [0.3, 0.4) is 0 Å². The van der Waals surface area contributed by atoms with E-state index in [1.165, 1.54) is 7.11 Å². The summed E-state index contributed by atoms with van der Waals surface area (Å²) >= 11 is 12.6. The van der Waals surface area contributed by atoms with Gasteiger partial charge in [-0.1, -0.05) is 27.5 Å². The van der Waals surface area contributed by atoms with Crippen LogP contribution >= 0.6 is 43.5 Å². The SMILES string of the molecule is COc1c(Br)cc(Br)cc1C(=O)Nc1ccc(Oc2ccc(Cl)cc2)cc1. The summed E-state index contributed by atoms with van der Waals surface area (Å²) in [5.74, 6) is 1.52. The number of nitrogens with one attached hydrogen (secondary N) is 1. The molecule has 0 bridgehead atoms. The van der Waals surface area contributed by atoms with E-state index < -0.39 is 0 Å². The molecular weight excluding hydrogens is 497 g/mol. The number of hydrogen-bond donors (Lipinski definition) is 1. The predicted octanol–water partition coefficient (Wildman–Crippen LogP) is 6.92. The second-order valence-electron chi connectivity index (χ2n) is 5.50. The summed E-state index contributed by atoms with van der Waals surface area (Å²) in [6.07, 6.45) is 0. The normalized spacial score (nSPS) is 10.4. The van der Waals surface area contributed by atoms with Gasteiger partial charge in [0.05, 0.1) is 17.1 Å². The largest absolute Gasteiger partial charge is 0.495 e. The fourth-order valence-corrected chi connectivity index (χ4v) is 3.89. The van der Waals surface area contributed by atoms with Gasteiger partial charge in [0.15, 0.2) is 0 Å². The van der Waals surface area contributed by atoms with Crippen LogP contribution in [-0.4, -0.2) is 13.0 Å². The van der Waals surface area contributed by atoms with Gasteiger partial charge >= 0.3 is 0 Å². The molecule has 0 aliphatic heterocycles. The molecule has 0 heterocycles. The number of carbonyl (C=O) groups is 1. The van der Waals surface area contributed by atoms with Crippen LogP contribution in [0.4, 0.5) is 5.69 Å². The first-order chi connectivity index (χ1) is 13.0. The lowest BCUT2D eigenvalue weighted by molar-refractivity contribution is 0.102. The number of rotatable bonds is 5. The van der Waals surface area contributed by atoms with E-state index in [4.69, 9.17) is 21.1 Å². The first-order valence-corrected chi connectivity index (χ1v) is 9.80. The summed E-state index contributed by atoms with van der Waals surface area (Å²) in [5.41, 5.74) is 1.06. The van der Waals surface area contributed by atoms with Crippen molar-refractivity contribution < 1.29 is 14.3 Å². The third kappa shape index (κ3) is 5.03. The third-order valence-corrected chi connectivity index (χ3v) is 4.92. The van der Waals surface area contributed by atoms with Gasteiger partial charge in [0, 0.05) is 15.2 Å². The van der Waals surface area contributed by atoms with E-state index in [1.807, 2.05) is 6.07 Å². The van der Waals surface area contributed by atoms with Crippen molar-refractivity contribution in [1.82, 2.24) is 0 Å². The fourth-order valence-electron chi connectivity index (χ4n) is 2.38. The smallest absolute Gasteiger partial charge is 0.259 e. The van der Waals surface area contributed by atoms with Crippen molar-refractivity contribution in [3.8, 4) is 17.2 Å². The van der Waals surface area contributed by atoms with Crippen molar-refractivity contribution in [3.05, 3.63) is 80.2 Å². The molecule has 0 saturated carbocycles. The summed E-state index contributed by atoms with van der Waals surface area (Å²) in [7, 11) is 1.52. The number of anilines is 1. The summed E-state index contributed by atoms with van der Waals surface area (Å²) in [5, 5.41) is 3.50. The Kier molecular flexibility index (Phi) is 6.42. The fraction of sp³-hybridized carbons (Fsp3) is 0.0500. The summed E-state index contributed by atoms with van der Waals surface area (Å²) in [6, 6.07) is 17.7. The third-order valence-electron chi connectivity index (χ3n) is 3.62. The molecule has 0 aliphatic carbocycles. The number of amides is 1. The van der Waals surface area contributed by atoms with Crippen LogP contribution in [0.25, 0.3) is 0 Å². The minimum atomic E-state index is -0.278. The van der Waals surface area contributed by atoms with Crippen molar-refractivity contribution >= 4 is 55.1 Å². The van der Waals surface area contributed by atoms with Gasteiger partial charge in [0.1, 0.15) is 17.2 Å². The van der Waals surface area contributed by atoms with Gasteiger partial charge in [0.2, 0.25) is 0 Å². The Morgan fingerprint density at radius 1 is 0.963 bits per heavy atom. The Morgan fingerprint density at radius 2 is 1.56 bits per heavy atom. The zero-order valence-electron chi connectivity index (χ0n) is 14.1. The van der Waals surface area contributed by atoms with Crippen LogP contribution in [0, 0.1) is 0 Å². The zero-order chi connectivity index (χ0) is 19.4. The van der Waals surface area contributed by atoms with Crippen LogP contribution in [0.2, 0.25) is 5.02 Å². The van der Waals surface area contributed by atoms with Gasteiger partial charge in [-0.05, 0) is 76.6 Å². The lowest BCUT2D eigenvalue weighted by Crippen LogP contribution is -2.13. The molecule has 27 heavy (non-hydrogen) atoms. The number of ether oxygens (including phenoxy) is 2. The summed E-state index contributed by atoms with van der Waals surface area (Å²) in [4.78, 5) is 12.6. The molecule has 7 heteroatoms. The summed E-state index contributed by atoms with van der Waals surface area (Å²) in [6.45, 7) is 0. The number of carbonyl (C=O) groups excluding carboxylic acids is 1. The Hall–Kier alpha value is -2.02. The first kappa shape index (κ1) is 19.7. The maximum Gasteiger partial charge on any atom is 0.259 e. The molecule has 0 spiro atoms. The topological polar surface area (TPSA) is 47.6 Å². The molecule has 0 aromatic heterocycles. The van der Waals surface area contributed by atoms with E-state index >= 15 is 0 Å². The maximum atomic E-state index is 12.6. The highest BCUT2D eigenvalue weighted by molar-refractivity contribution is 9.11. The minimum Gasteiger partial charge on any atom is -0.495 e. The van der Waals surface area contributed by atoms with Crippen LogP contribution in [0.15, 0.2) is 69.6 Å². The van der Waals surface area contributed by atoms with E-state index in [9.17, 15) is 4.79 Å². The Labute approximate surface area is 178 Å². The van der Waals surface area contributed by atoms with Gasteiger partial charge in [-0.15, -0.1) is 0 Å². The minimum absolute atomic E-state index is 0.278. The van der Waals surface area contributed by atoms with E-state index in [-0.39, 0.29) is 5.91 Å². The molecule has 4 nitrogen and oxygen atoms in total. The molecule has 3 aromatic rings. The molecule has 0 aliphatic rings. The lowest BCUT2D eigenvalue weighted by Gasteiger charge is -2.12. The molecule has 0 fully saturated rings. The maximum absolute atomic E-state index is 12.6. The molecule has 138 valence electrons.